The molecule has 110 valence electrons. The Bertz CT molecular complexity index is 479. The van der Waals surface area contributed by atoms with Gasteiger partial charge in [-0.25, -0.2) is 0 Å². The van der Waals surface area contributed by atoms with Gasteiger partial charge in [0.05, 0.1) is 18.6 Å². The molecule has 1 heterocycles. The van der Waals surface area contributed by atoms with Crippen LogP contribution in [0, 0.1) is 0 Å². The zero-order valence-electron chi connectivity index (χ0n) is 12.4. The molecule has 1 unspecified atom stereocenters. The van der Waals surface area contributed by atoms with E-state index in [-0.39, 0.29) is 17.9 Å². The summed E-state index contributed by atoms with van der Waals surface area (Å²) < 4.78 is 5.76. The van der Waals surface area contributed by atoms with Crippen LogP contribution in [0.2, 0.25) is 0 Å². The van der Waals surface area contributed by atoms with Crippen molar-refractivity contribution in [3.8, 4) is 0 Å². The minimum Gasteiger partial charge on any atom is -0.481 e. The van der Waals surface area contributed by atoms with Gasteiger partial charge in [-0.05, 0) is 32.4 Å². The monoisotopic (exact) mass is 277 g/mol. The molecule has 0 bridgehead atoms. The lowest BCUT2D eigenvalue weighted by Gasteiger charge is -2.24. The van der Waals surface area contributed by atoms with Gasteiger partial charge in [-0.3, -0.25) is 4.79 Å². The standard InChI is InChI=1S/C16H23NO3/c1-16(2,3)20-9-8-17-11-12(10-15(18)19)13-6-4-5-7-14(13)17/h4-7,12H,8-11H2,1-3H3,(H,18,19). The zero-order chi connectivity index (χ0) is 14.8. The number of rotatable bonds is 5. The van der Waals surface area contributed by atoms with Crippen LogP contribution in [0.4, 0.5) is 5.69 Å². The number of nitrogens with zero attached hydrogens (tertiary/aromatic N) is 1. The van der Waals surface area contributed by atoms with Crippen molar-refractivity contribution in [3.63, 3.8) is 0 Å². The molecule has 0 radical (unpaired) electrons. The Hall–Kier alpha value is -1.55. The molecular formula is C16H23NO3. The third-order valence-electron chi connectivity index (χ3n) is 3.48. The van der Waals surface area contributed by atoms with Gasteiger partial charge >= 0.3 is 5.97 Å². The van der Waals surface area contributed by atoms with E-state index in [9.17, 15) is 4.79 Å². The highest BCUT2D eigenvalue weighted by atomic mass is 16.5. The van der Waals surface area contributed by atoms with E-state index < -0.39 is 5.97 Å². The van der Waals surface area contributed by atoms with Crippen molar-refractivity contribution >= 4 is 11.7 Å². The summed E-state index contributed by atoms with van der Waals surface area (Å²) in [6.45, 7) is 8.33. The fourth-order valence-corrected chi connectivity index (χ4v) is 2.64. The molecular weight excluding hydrogens is 254 g/mol. The molecule has 0 saturated heterocycles. The first-order chi connectivity index (χ1) is 9.37. The van der Waals surface area contributed by atoms with Gasteiger partial charge in [0, 0.05) is 24.7 Å². The van der Waals surface area contributed by atoms with Crippen LogP contribution < -0.4 is 4.90 Å². The molecule has 0 spiro atoms. The Morgan fingerprint density at radius 2 is 2.10 bits per heavy atom. The number of hydrogen-bond donors (Lipinski definition) is 1. The number of carboxylic acids is 1. The summed E-state index contributed by atoms with van der Waals surface area (Å²) in [7, 11) is 0. The molecule has 1 aromatic rings. The number of hydrogen-bond acceptors (Lipinski definition) is 3. The fraction of sp³-hybridized carbons (Fsp3) is 0.562. The molecule has 4 nitrogen and oxygen atoms in total. The van der Waals surface area contributed by atoms with Crippen LogP contribution in [-0.2, 0) is 9.53 Å². The second-order valence-corrected chi connectivity index (χ2v) is 6.26. The van der Waals surface area contributed by atoms with E-state index in [0.717, 1.165) is 24.3 Å². The van der Waals surface area contributed by atoms with Gasteiger partial charge in [-0.1, -0.05) is 18.2 Å². The number of fused-ring (bicyclic) bond motifs is 1. The maximum Gasteiger partial charge on any atom is 0.304 e. The Balaban J connectivity index is 2.03. The highest BCUT2D eigenvalue weighted by Crippen LogP contribution is 2.37. The van der Waals surface area contributed by atoms with Gasteiger partial charge in [0.15, 0.2) is 0 Å². The van der Waals surface area contributed by atoms with Crippen LogP contribution in [0.25, 0.3) is 0 Å². The number of para-hydroxylation sites is 1. The average molecular weight is 277 g/mol. The first-order valence-corrected chi connectivity index (χ1v) is 7.06. The van der Waals surface area contributed by atoms with Crippen LogP contribution in [0.15, 0.2) is 24.3 Å². The Morgan fingerprint density at radius 1 is 1.40 bits per heavy atom. The van der Waals surface area contributed by atoms with Crippen molar-refractivity contribution in [2.75, 3.05) is 24.6 Å². The summed E-state index contributed by atoms with van der Waals surface area (Å²) in [5.74, 6) is -0.657. The van der Waals surface area contributed by atoms with E-state index in [1.165, 1.54) is 0 Å². The number of carbonyl (C=O) groups is 1. The summed E-state index contributed by atoms with van der Waals surface area (Å²) in [5, 5.41) is 9.03. The molecule has 1 aliphatic heterocycles. The molecule has 0 fully saturated rings. The normalized spacial score (nSPS) is 18.1. The predicted octanol–water partition coefficient (Wildman–Crippen LogP) is 2.88. The SMILES string of the molecule is CC(C)(C)OCCN1CC(CC(=O)O)c2ccccc21. The lowest BCUT2D eigenvalue weighted by atomic mass is 9.98. The van der Waals surface area contributed by atoms with Gasteiger partial charge in [-0.15, -0.1) is 0 Å². The van der Waals surface area contributed by atoms with Crippen LogP contribution in [0.1, 0.15) is 38.7 Å². The van der Waals surface area contributed by atoms with Crippen LogP contribution in [0.5, 0.6) is 0 Å². The maximum atomic E-state index is 11.0. The largest absolute Gasteiger partial charge is 0.481 e. The first kappa shape index (κ1) is 14.9. The molecule has 0 aliphatic carbocycles. The van der Waals surface area contributed by atoms with Crippen LogP contribution >= 0.6 is 0 Å². The molecule has 1 aromatic carbocycles. The van der Waals surface area contributed by atoms with E-state index in [2.05, 4.69) is 11.0 Å². The summed E-state index contributed by atoms with van der Waals surface area (Å²) in [6, 6.07) is 8.07. The zero-order valence-corrected chi connectivity index (χ0v) is 12.4. The number of ether oxygens (including phenoxy) is 1. The lowest BCUT2D eigenvalue weighted by Crippen LogP contribution is -2.30. The van der Waals surface area contributed by atoms with Gasteiger partial charge < -0.3 is 14.7 Å². The smallest absolute Gasteiger partial charge is 0.304 e. The van der Waals surface area contributed by atoms with Crippen molar-refractivity contribution < 1.29 is 14.6 Å². The molecule has 0 aromatic heterocycles. The lowest BCUT2D eigenvalue weighted by molar-refractivity contribution is -0.137. The third kappa shape index (κ3) is 3.73. The molecule has 1 aliphatic rings. The summed E-state index contributed by atoms with van der Waals surface area (Å²) in [6.07, 6.45) is 0.188. The quantitative estimate of drug-likeness (QED) is 0.899. The molecule has 2 rings (SSSR count). The van der Waals surface area contributed by atoms with Gasteiger partial charge in [-0.2, -0.15) is 0 Å². The Labute approximate surface area is 120 Å². The van der Waals surface area contributed by atoms with E-state index in [1.54, 1.807) is 0 Å². The highest BCUT2D eigenvalue weighted by molar-refractivity contribution is 5.71. The minimum absolute atomic E-state index is 0.0818. The van der Waals surface area contributed by atoms with Gasteiger partial charge in [0.2, 0.25) is 0 Å². The van der Waals surface area contributed by atoms with Crippen molar-refractivity contribution in [3.05, 3.63) is 29.8 Å². The fourth-order valence-electron chi connectivity index (χ4n) is 2.64. The highest BCUT2D eigenvalue weighted by Gasteiger charge is 2.29. The van der Waals surface area contributed by atoms with Crippen molar-refractivity contribution in [2.45, 2.75) is 38.7 Å². The molecule has 0 amide bonds. The van der Waals surface area contributed by atoms with Crippen molar-refractivity contribution in [1.29, 1.82) is 0 Å². The van der Waals surface area contributed by atoms with Gasteiger partial charge in [0.1, 0.15) is 0 Å². The molecule has 1 atom stereocenters. The topological polar surface area (TPSA) is 49.8 Å². The van der Waals surface area contributed by atoms with Gasteiger partial charge in [0.25, 0.3) is 0 Å². The molecule has 0 saturated carbocycles. The van der Waals surface area contributed by atoms with E-state index in [4.69, 9.17) is 9.84 Å². The average Bonchev–Trinajstić information content (AvgIpc) is 2.66. The minimum atomic E-state index is -0.738. The van der Waals surface area contributed by atoms with Crippen LogP contribution in [0.3, 0.4) is 0 Å². The number of aliphatic carboxylic acids is 1. The second kappa shape index (κ2) is 5.83. The summed E-state index contributed by atoms with van der Waals surface area (Å²) in [4.78, 5) is 13.2. The van der Waals surface area contributed by atoms with Crippen molar-refractivity contribution in [2.24, 2.45) is 0 Å². The number of carboxylic acid groups (broad SMARTS) is 1. The predicted molar refractivity (Wildman–Crippen MR) is 79.4 cm³/mol. The second-order valence-electron chi connectivity index (χ2n) is 6.26. The summed E-state index contributed by atoms with van der Waals surface area (Å²) in [5.41, 5.74) is 2.15. The number of anilines is 1. The first-order valence-electron chi connectivity index (χ1n) is 7.06. The van der Waals surface area contributed by atoms with E-state index in [0.29, 0.717) is 6.61 Å². The Morgan fingerprint density at radius 3 is 2.75 bits per heavy atom. The van der Waals surface area contributed by atoms with E-state index >= 15 is 0 Å². The summed E-state index contributed by atoms with van der Waals surface area (Å²) >= 11 is 0. The molecule has 1 N–H and O–H groups in total. The Kier molecular flexibility index (Phi) is 4.33. The molecule has 4 heteroatoms. The van der Waals surface area contributed by atoms with Crippen LogP contribution in [-0.4, -0.2) is 36.4 Å². The van der Waals surface area contributed by atoms with Crippen molar-refractivity contribution in [1.82, 2.24) is 0 Å². The third-order valence-corrected chi connectivity index (χ3v) is 3.48. The maximum absolute atomic E-state index is 11.0. The molecule has 20 heavy (non-hydrogen) atoms. The number of benzene rings is 1. The van der Waals surface area contributed by atoms with E-state index in [1.807, 2.05) is 39.0 Å².